The van der Waals surface area contributed by atoms with Gasteiger partial charge in [-0.1, -0.05) is 41.4 Å². The van der Waals surface area contributed by atoms with E-state index in [0.29, 0.717) is 0 Å². The number of nitrogens with one attached hydrogen (secondary N) is 2. The fraction of sp³-hybridized carbons (Fsp3) is 0.222. The van der Waals surface area contributed by atoms with Crippen molar-refractivity contribution >= 4 is 35.0 Å². The van der Waals surface area contributed by atoms with Crippen molar-refractivity contribution in [2.75, 3.05) is 0 Å². The number of alkyl halides is 3. The van der Waals surface area contributed by atoms with E-state index in [1.807, 2.05) is 5.32 Å². The molecule has 2 aromatic rings. The van der Waals surface area contributed by atoms with Gasteiger partial charge < -0.3 is 15.7 Å². The zero-order chi connectivity index (χ0) is 21.6. The number of rotatable bonds is 3. The highest BCUT2D eigenvalue weighted by Gasteiger charge is 2.59. The number of Topliss-reactive ketones (excluding diaryl/α,β-unsaturated/α-hetero) is 1. The lowest BCUT2D eigenvalue weighted by atomic mass is 9.76. The number of hydrogen-bond acceptors (Lipinski definition) is 3. The van der Waals surface area contributed by atoms with Crippen molar-refractivity contribution in [3.63, 3.8) is 0 Å². The standard InChI is InChI=1S/C18H12Cl2F4N2O3/c19-9-3-6-11(12(20)7-9)14-13(15(27)18(22,23)24)17(29,26-16(28)25-14)8-1-4-10(21)5-2-8/h1-7,13-14,29H,(H2,25,26,28)/t13-,14-,17+/m1/s1. The lowest BCUT2D eigenvalue weighted by molar-refractivity contribution is -0.190. The molecule has 154 valence electrons. The van der Waals surface area contributed by atoms with Crippen LogP contribution >= 0.6 is 23.2 Å². The average molecular weight is 451 g/mol. The van der Waals surface area contributed by atoms with E-state index in [0.717, 1.165) is 24.3 Å². The molecule has 0 aliphatic carbocycles. The summed E-state index contributed by atoms with van der Waals surface area (Å²) in [4.78, 5) is 24.5. The van der Waals surface area contributed by atoms with E-state index in [1.54, 1.807) is 0 Å². The second kappa shape index (κ2) is 7.47. The van der Waals surface area contributed by atoms with Gasteiger partial charge in [0.1, 0.15) is 11.7 Å². The molecule has 11 heteroatoms. The Kier molecular flexibility index (Phi) is 5.50. The number of aliphatic hydroxyl groups is 1. The minimum Gasteiger partial charge on any atom is -0.366 e. The van der Waals surface area contributed by atoms with Crippen LogP contribution in [0, 0.1) is 11.7 Å². The van der Waals surface area contributed by atoms with Gasteiger partial charge in [0, 0.05) is 15.6 Å². The van der Waals surface area contributed by atoms with Crippen LogP contribution < -0.4 is 10.6 Å². The van der Waals surface area contributed by atoms with Crippen molar-refractivity contribution in [1.82, 2.24) is 10.6 Å². The summed E-state index contributed by atoms with van der Waals surface area (Å²) in [5.41, 5.74) is -3.17. The number of carbonyl (C=O) groups excluding carboxylic acids is 2. The summed E-state index contributed by atoms with van der Waals surface area (Å²) < 4.78 is 53.5. The van der Waals surface area contributed by atoms with Crippen molar-refractivity contribution in [2.45, 2.75) is 17.9 Å². The summed E-state index contributed by atoms with van der Waals surface area (Å²) in [5.74, 6) is -5.31. The molecule has 2 amide bonds. The van der Waals surface area contributed by atoms with Crippen LogP contribution in [0.2, 0.25) is 10.0 Å². The Bertz CT molecular complexity index is 969. The van der Waals surface area contributed by atoms with Gasteiger partial charge in [0.2, 0.25) is 5.78 Å². The number of halogens is 6. The molecule has 2 aromatic carbocycles. The Morgan fingerprint density at radius 2 is 1.72 bits per heavy atom. The van der Waals surface area contributed by atoms with Crippen LogP contribution in [0.1, 0.15) is 17.2 Å². The molecule has 0 saturated carbocycles. The van der Waals surface area contributed by atoms with Gasteiger partial charge in [-0.2, -0.15) is 13.2 Å². The van der Waals surface area contributed by atoms with Crippen molar-refractivity contribution in [1.29, 1.82) is 0 Å². The summed E-state index contributed by atoms with van der Waals surface area (Å²) in [6.45, 7) is 0. The van der Waals surface area contributed by atoms with Crippen LogP contribution in [0.15, 0.2) is 42.5 Å². The zero-order valence-corrected chi connectivity index (χ0v) is 15.7. The number of hydrogen-bond donors (Lipinski definition) is 3. The molecule has 0 radical (unpaired) electrons. The van der Waals surface area contributed by atoms with Crippen LogP contribution in [-0.4, -0.2) is 23.1 Å². The summed E-state index contributed by atoms with van der Waals surface area (Å²) in [6, 6.07) is 4.75. The molecule has 0 bridgehead atoms. The fourth-order valence-electron chi connectivity index (χ4n) is 3.24. The lowest BCUT2D eigenvalue weighted by Gasteiger charge is -2.45. The van der Waals surface area contributed by atoms with Gasteiger partial charge in [0.05, 0.1) is 6.04 Å². The first kappa shape index (κ1) is 21.4. The topological polar surface area (TPSA) is 78.4 Å². The first-order chi connectivity index (χ1) is 13.4. The van der Waals surface area contributed by atoms with Gasteiger partial charge in [0.25, 0.3) is 0 Å². The minimum atomic E-state index is -5.35. The highest BCUT2D eigenvalue weighted by atomic mass is 35.5. The predicted molar refractivity (Wildman–Crippen MR) is 95.7 cm³/mol. The Morgan fingerprint density at radius 1 is 1.10 bits per heavy atom. The smallest absolute Gasteiger partial charge is 0.366 e. The zero-order valence-electron chi connectivity index (χ0n) is 14.2. The minimum absolute atomic E-state index is 0.0611. The van der Waals surface area contributed by atoms with Gasteiger partial charge in [0.15, 0.2) is 5.72 Å². The van der Waals surface area contributed by atoms with Gasteiger partial charge >= 0.3 is 12.2 Å². The summed E-state index contributed by atoms with van der Waals surface area (Å²) >= 11 is 11.9. The molecule has 1 fully saturated rings. The SMILES string of the molecule is O=C1N[C@H](c2ccc(Cl)cc2Cl)[C@H](C(=O)C(F)(F)F)[C@@](O)(c2ccc(F)cc2)N1. The number of benzene rings is 2. The monoisotopic (exact) mass is 450 g/mol. The predicted octanol–water partition coefficient (Wildman–Crippen LogP) is 4.08. The summed E-state index contributed by atoms with van der Waals surface area (Å²) in [7, 11) is 0. The maximum atomic E-state index is 13.4. The molecule has 3 rings (SSSR count). The lowest BCUT2D eigenvalue weighted by Crippen LogP contribution is -2.66. The van der Waals surface area contributed by atoms with Crippen LogP contribution in [-0.2, 0) is 10.5 Å². The molecule has 0 aromatic heterocycles. The molecule has 3 atom stereocenters. The second-order valence-electron chi connectivity index (χ2n) is 6.35. The molecule has 29 heavy (non-hydrogen) atoms. The van der Waals surface area contributed by atoms with Crippen molar-refractivity contribution < 1.29 is 32.3 Å². The van der Waals surface area contributed by atoms with Crippen molar-refractivity contribution in [3.8, 4) is 0 Å². The largest absolute Gasteiger partial charge is 0.450 e. The highest BCUT2D eigenvalue weighted by molar-refractivity contribution is 6.35. The third-order valence-electron chi connectivity index (χ3n) is 4.52. The molecule has 1 aliphatic heterocycles. The van der Waals surface area contributed by atoms with E-state index < -0.39 is 41.5 Å². The second-order valence-corrected chi connectivity index (χ2v) is 7.20. The van der Waals surface area contributed by atoms with Gasteiger partial charge in [-0.25, -0.2) is 9.18 Å². The van der Waals surface area contributed by atoms with E-state index in [9.17, 15) is 32.3 Å². The number of carbonyl (C=O) groups is 2. The van der Waals surface area contributed by atoms with Crippen LogP contribution in [0.3, 0.4) is 0 Å². The molecule has 3 N–H and O–H groups in total. The maximum Gasteiger partial charge on any atom is 0.450 e. The van der Waals surface area contributed by atoms with Gasteiger partial charge in [-0.15, -0.1) is 0 Å². The van der Waals surface area contributed by atoms with Crippen molar-refractivity contribution in [3.05, 3.63) is 69.5 Å². The average Bonchev–Trinajstić information content (AvgIpc) is 2.60. The van der Waals surface area contributed by atoms with E-state index in [4.69, 9.17) is 23.2 Å². The first-order valence-electron chi connectivity index (χ1n) is 8.06. The van der Waals surface area contributed by atoms with E-state index >= 15 is 0 Å². The molecule has 0 unspecified atom stereocenters. The third-order valence-corrected chi connectivity index (χ3v) is 5.08. The first-order valence-corrected chi connectivity index (χ1v) is 8.82. The number of ketones is 1. The van der Waals surface area contributed by atoms with Gasteiger partial charge in [-0.05, 0) is 29.8 Å². The van der Waals surface area contributed by atoms with E-state index in [2.05, 4.69) is 5.32 Å². The van der Waals surface area contributed by atoms with E-state index in [1.165, 1.54) is 18.2 Å². The summed E-state index contributed by atoms with van der Waals surface area (Å²) in [6.07, 6.45) is -5.35. The third kappa shape index (κ3) is 4.03. The maximum absolute atomic E-state index is 13.4. The molecular formula is C18H12Cl2F4N2O3. The molecule has 1 aliphatic rings. The summed E-state index contributed by atoms with van der Waals surface area (Å²) in [5, 5.41) is 15.3. The normalized spacial score (nSPS) is 24.6. The van der Waals surface area contributed by atoms with Crippen LogP contribution in [0.25, 0.3) is 0 Å². The number of amides is 2. The Morgan fingerprint density at radius 3 is 2.28 bits per heavy atom. The van der Waals surface area contributed by atoms with Crippen LogP contribution in [0.4, 0.5) is 22.4 Å². The quantitative estimate of drug-likeness (QED) is 0.616. The van der Waals surface area contributed by atoms with Crippen LogP contribution in [0.5, 0.6) is 0 Å². The molecule has 0 spiro atoms. The number of urea groups is 1. The highest BCUT2D eigenvalue weighted by Crippen LogP contribution is 2.44. The van der Waals surface area contributed by atoms with E-state index in [-0.39, 0.29) is 21.2 Å². The Balaban J connectivity index is 2.22. The Labute approximate surface area is 171 Å². The molecule has 1 heterocycles. The Hall–Kier alpha value is -2.36. The van der Waals surface area contributed by atoms with Crippen molar-refractivity contribution in [2.24, 2.45) is 5.92 Å². The molecule has 5 nitrogen and oxygen atoms in total. The molecule has 1 saturated heterocycles. The molecular weight excluding hydrogens is 439 g/mol. The fourth-order valence-corrected chi connectivity index (χ4v) is 3.76. The van der Waals surface area contributed by atoms with Gasteiger partial charge in [-0.3, -0.25) is 4.79 Å².